The Morgan fingerprint density at radius 1 is 1.12 bits per heavy atom. The van der Waals surface area contributed by atoms with E-state index in [2.05, 4.69) is 0 Å². The second-order valence-corrected chi connectivity index (χ2v) is 4.68. The van der Waals surface area contributed by atoms with Crippen molar-refractivity contribution in [3.8, 4) is 0 Å². The average molecular weight is 247 g/mol. The molecular formula is C11H19ClN2O2. The molecule has 0 aromatic rings. The van der Waals surface area contributed by atoms with Crippen molar-refractivity contribution in [3.63, 3.8) is 0 Å². The summed E-state index contributed by atoms with van der Waals surface area (Å²) in [6.45, 7) is 6.35. The van der Waals surface area contributed by atoms with Gasteiger partial charge in [-0.3, -0.25) is 9.59 Å². The van der Waals surface area contributed by atoms with Gasteiger partial charge in [-0.05, 0) is 0 Å². The SMILES string of the molecule is CC(C)C(=O)N1CCN(C(=O)CCCl)CC1. The van der Waals surface area contributed by atoms with E-state index in [-0.39, 0.29) is 17.7 Å². The monoisotopic (exact) mass is 246 g/mol. The molecule has 0 spiro atoms. The molecule has 0 atom stereocenters. The van der Waals surface area contributed by atoms with Crippen molar-refractivity contribution in [1.29, 1.82) is 0 Å². The molecule has 0 radical (unpaired) electrons. The predicted octanol–water partition coefficient (Wildman–Crippen LogP) is 0.942. The Bertz CT molecular complexity index is 261. The van der Waals surface area contributed by atoms with Crippen LogP contribution in [0.2, 0.25) is 0 Å². The molecule has 0 bridgehead atoms. The number of piperazine rings is 1. The van der Waals surface area contributed by atoms with Gasteiger partial charge in [0.15, 0.2) is 0 Å². The van der Waals surface area contributed by atoms with E-state index < -0.39 is 0 Å². The molecule has 0 aromatic carbocycles. The number of carbonyl (C=O) groups is 2. The molecule has 1 aliphatic heterocycles. The molecule has 1 saturated heterocycles. The zero-order valence-electron chi connectivity index (χ0n) is 9.91. The van der Waals surface area contributed by atoms with Crippen molar-refractivity contribution in [1.82, 2.24) is 9.80 Å². The summed E-state index contributed by atoms with van der Waals surface area (Å²) in [5, 5.41) is 0. The lowest BCUT2D eigenvalue weighted by Gasteiger charge is -2.35. The Hall–Kier alpha value is -0.770. The van der Waals surface area contributed by atoms with Crippen molar-refractivity contribution in [2.75, 3.05) is 32.1 Å². The third-order valence-electron chi connectivity index (χ3n) is 2.75. The summed E-state index contributed by atoms with van der Waals surface area (Å²) >= 11 is 5.52. The quantitative estimate of drug-likeness (QED) is 0.696. The van der Waals surface area contributed by atoms with Crippen LogP contribution in [0.15, 0.2) is 0 Å². The number of hydrogen-bond donors (Lipinski definition) is 0. The van der Waals surface area contributed by atoms with Crippen molar-refractivity contribution < 1.29 is 9.59 Å². The van der Waals surface area contributed by atoms with Gasteiger partial charge >= 0.3 is 0 Å². The van der Waals surface area contributed by atoms with E-state index in [4.69, 9.17) is 11.6 Å². The first-order valence-corrected chi connectivity index (χ1v) is 6.22. The molecule has 2 amide bonds. The highest BCUT2D eigenvalue weighted by Crippen LogP contribution is 2.08. The molecule has 0 aliphatic carbocycles. The maximum Gasteiger partial charge on any atom is 0.225 e. The lowest BCUT2D eigenvalue weighted by Crippen LogP contribution is -2.51. The lowest BCUT2D eigenvalue weighted by atomic mass is 10.1. The lowest BCUT2D eigenvalue weighted by molar-refractivity contribution is -0.141. The molecule has 1 rings (SSSR count). The number of nitrogens with zero attached hydrogens (tertiary/aromatic N) is 2. The van der Waals surface area contributed by atoms with Crippen LogP contribution in [0, 0.1) is 5.92 Å². The Kier molecular flexibility index (Phi) is 5.06. The molecule has 1 heterocycles. The maximum absolute atomic E-state index is 11.7. The van der Waals surface area contributed by atoms with Gasteiger partial charge in [-0.15, -0.1) is 11.6 Å². The topological polar surface area (TPSA) is 40.6 Å². The van der Waals surface area contributed by atoms with Crippen LogP contribution in [0.5, 0.6) is 0 Å². The first-order chi connectivity index (χ1) is 7.56. The molecule has 0 unspecified atom stereocenters. The van der Waals surface area contributed by atoms with E-state index >= 15 is 0 Å². The first kappa shape index (κ1) is 13.3. The molecular weight excluding hydrogens is 228 g/mol. The highest BCUT2D eigenvalue weighted by atomic mass is 35.5. The highest BCUT2D eigenvalue weighted by molar-refractivity contribution is 6.18. The summed E-state index contributed by atoms with van der Waals surface area (Å²) in [4.78, 5) is 26.9. The van der Waals surface area contributed by atoms with Crippen LogP contribution in [-0.4, -0.2) is 53.7 Å². The minimum absolute atomic E-state index is 0.0325. The van der Waals surface area contributed by atoms with E-state index in [0.29, 0.717) is 38.5 Å². The van der Waals surface area contributed by atoms with Gasteiger partial charge in [0.25, 0.3) is 0 Å². The average Bonchev–Trinajstić information content (AvgIpc) is 2.28. The van der Waals surface area contributed by atoms with Crippen LogP contribution < -0.4 is 0 Å². The summed E-state index contributed by atoms with van der Waals surface area (Å²) < 4.78 is 0. The summed E-state index contributed by atoms with van der Waals surface area (Å²) in [5.74, 6) is 0.658. The van der Waals surface area contributed by atoms with Gasteiger partial charge in [0.05, 0.1) is 0 Å². The van der Waals surface area contributed by atoms with Gasteiger partial charge in [-0.2, -0.15) is 0 Å². The van der Waals surface area contributed by atoms with Crippen LogP contribution in [0.1, 0.15) is 20.3 Å². The molecule has 0 saturated carbocycles. The first-order valence-electron chi connectivity index (χ1n) is 5.68. The Balaban J connectivity index is 2.39. The van der Waals surface area contributed by atoms with Gasteiger partial charge in [0.1, 0.15) is 0 Å². The van der Waals surface area contributed by atoms with Gasteiger partial charge in [0.2, 0.25) is 11.8 Å². The van der Waals surface area contributed by atoms with Crippen molar-refractivity contribution >= 4 is 23.4 Å². The van der Waals surface area contributed by atoms with E-state index in [1.807, 2.05) is 18.7 Å². The number of halogens is 1. The van der Waals surface area contributed by atoms with Crippen LogP contribution in [0.4, 0.5) is 0 Å². The number of carbonyl (C=O) groups excluding carboxylic acids is 2. The van der Waals surface area contributed by atoms with E-state index in [1.165, 1.54) is 0 Å². The van der Waals surface area contributed by atoms with Gasteiger partial charge in [-0.1, -0.05) is 13.8 Å². The zero-order chi connectivity index (χ0) is 12.1. The molecule has 1 aliphatic rings. The minimum Gasteiger partial charge on any atom is -0.339 e. The van der Waals surface area contributed by atoms with Crippen LogP contribution in [0.3, 0.4) is 0 Å². The number of hydrogen-bond acceptors (Lipinski definition) is 2. The van der Waals surface area contributed by atoms with Crippen molar-refractivity contribution in [2.24, 2.45) is 5.92 Å². The van der Waals surface area contributed by atoms with E-state index in [0.717, 1.165) is 0 Å². The van der Waals surface area contributed by atoms with E-state index in [1.54, 1.807) is 4.90 Å². The Morgan fingerprint density at radius 2 is 1.62 bits per heavy atom. The predicted molar refractivity (Wildman–Crippen MR) is 63.3 cm³/mol. The number of amides is 2. The molecule has 0 N–H and O–H groups in total. The molecule has 1 fully saturated rings. The molecule has 5 heteroatoms. The molecule has 0 aromatic heterocycles. The smallest absolute Gasteiger partial charge is 0.225 e. The van der Waals surface area contributed by atoms with Crippen molar-refractivity contribution in [3.05, 3.63) is 0 Å². The summed E-state index contributed by atoms with van der Waals surface area (Å²) in [6.07, 6.45) is 0.389. The minimum atomic E-state index is 0.0325. The van der Waals surface area contributed by atoms with E-state index in [9.17, 15) is 9.59 Å². The Morgan fingerprint density at radius 3 is 2.06 bits per heavy atom. The largest absolute Gasteiger partial charge is 0.339 e. The summed E-state index contributed by atoms with van der Waals surface area (Å²) in [6, 6.07) is 0. The number of rotatable bonds is 3. The second kappa shape index (κ2) is 6.09. The fraction of sp³-hybridized carbons (Fsp3) is 0.818. The zero-order valence-corrected chi connectivity index (χ0v) is 10.7. The molecule has 92 valence electrons. The van der Waals surface area contributed by atoms with Gasteiger partial charge < -0.3 is 9.80 Å². The normalized spacial score (nSPS) is 16.8. The summed E-state index contributed by atoms with van der Waals surface area (Å²) in [5.41, 5.74) is 0. The third kappa shape index (κ3) is 3.37. The molecule has 4 nitrogen and oxygen atoms in total. The standard InChI is InChI=1S/C11H19ClN2O2/c1-9(2)11(16)14-7-5-13(6-8-14)10(15)3-4-12/h9H,3-8H2,1-2H3. The summed E-state index contributed by atoms with van der Waals surface area (Å²) in [7, 11) is 0. The third-order valence-corrected chi connectivity index (χ3v) is 2.94. The van der Waals surface area contributed by atoms with Crippen molar-refractivity contribution in [2.45, 2.75) is 20.3 Å². The van der Waals surface area contributed by atoms with Gasteiger partial charge in [0, 0.05) is 44.4 Å². The fourth-order valence-corrected chi connectivity index (χ4v) is 1.94. The number of alkyl halides is 1. The maximum atomic E-state index is 11.7. The fourth-order valence-electron chi connectivity index (χ4n) is 1.78. The second-order valence-electron chi connectivity index (χ2n) is 4.30. The van der Waals surface area contributed by atoms with Crippen LogP contribution in [0.25, 0.3) is 0 Å². The van der Waals surface area contributed by atoms with Crippen LogP contribution in [-0.2, 0) is 9.59 Å². The Labute approximate surface area is 102 Å². The van der Waals surface area contributed by atoms with Gasteiger partial charge in [-0.25, -0.2) is 0 Å². The van der Waals surface area contributed by atoms with Crippen LogP contribution >= 0.6 is 11.6 Å². The molecule has 16 heavy (non-hydrogen) atoms. The highest BCUT2D eigenvalue weighted by Gasteiger charge is 2.24.